The van der Waals surface area contributed by atoms with E-state index in [1.807, 2.05) is 25.1 Å². The van der Waals surface area contributed by atoms with E-state index in [4.69, 9.17) is 9.15 Å². The highest BCUT2D eigenvalue weighted by Crippen LogP contribution is 2.52. The zero-order chi connectivity index (χ0) is 19.1. The fourth-order valence-electron chi connectivity index (χ4n) is 6.23. The molecule has 4 bridgehead atoms. The molecule has 4 fully saturated rings. The van der Waals surface area contributed by atoms with Crippen molar-refractivity contribution in [3.63, 3.8) is 0 Å². The molecule has 4 nitrogen and oxygen atoms in total. The molecule has 0 unspecified atom stereocenters. The largest absolute Gasteiger partial charge is 0.462 e. The van der Waals surface area contributed by atoms with E-state index in [1.165, 1.54) is 32.1 Å². The Labute approximate surface area is 166 Å². The first-order valence-electron chi connectivity index (χ1n) is 10.9. The molecule has 0 spiro atoms. The van der Waals surface area contributed by atoms with Crippen LogP contribution in [-0.2, 0) is 11.3 Å². The maximum Gasteiger partial charge on any atom is 0.338 e. The third kappa shape index (κ3) is 3.39. The van der Waals surface area contributed by atoms with Crippen LogP contribution in [0.25, 0.3) is 11.3 Å². The quantitative estimate of drug-likeness (QED) is 0.771. The summed E-state index contributed by atoms with van der Waals surface area (Å²) in [7, 11) is 0. The summed E-state index contributed by atoms with van der Waals surface area (Å²) in [5.74, 6) is 5.55. The summed E-state index contributed by atoms with van der Waals surface area (Å²) in [6.07, 6.45) is 7.36. The van der Waals surface area contributed by atoms with Gasteiger partial charge in [0.15, 0.2) is 5.76 Å². The summed E-state index contributed by atoms with van der Waals surface area (Å²) in [6.45, 7) is 3.13. The van der Waals surface area contributed by atoms with Gasteiger partial charge in [-0.25, -0.2) is 4.79 Å². The average Bonchev–Trinajstić information content (AvgIpc) is 3.16. The fourth-order valence-corrected chi connectivity index (χ4v) is 6.23. The minimum absolute atomic E-state index is 0.278. The van der Waals surface area contributed by atoms with E-state index in [0.717, 1.165) is 53.3 Å². The Morgan fingerprint density at radius 2 is 1.68 bits per heavy atom. The Bertz CT molecular complexity index is 810. The SMILES string of the molecule is CCOC(=O)c1ccc(-c2ccc(C[NH2+]C3C4CC5CC(C4)CC3C5)o2)cc1. The second-order valence-electron chi connectivity index (χ2n) is 9.01. The molecule has 6 rings (SSSR count). The molecule has 4 aliphatic carbocycles. The van der Waals surface area contributed by atoms with Crippen molar-refractivity contribution in [1.29, 1.82) is 0 Å². The Kier molecular flexibility index (Phi) is 4.75. The lowest BCUT2D eigenvalue weighted by Gasteiger charge is -2.52. The van der Waals surface area contributed by atoms with E-state index < -0.39 is 0 Å². The number of carbonyl (C=O) groups is 1. The van der Waals surface area contributed by atoms with Crippen molar-refractivity contribution >= 4 is 5.97 Å². The van der Waals surface area contributed by atoms with Crippen LogP contribution in [0.15, 0.2) is 40.8 Å². The summed E-state index contributed by atoms with van der Waals surface area (Å²) >= 11 is 0. The Morgan fingerprint density at radius 3 is 2.32 bits per heavy atom. The topological polar surface area (TPSA) is 56.0 Å². The van der Waals surface area contributed by atoms with Crippen molar-refractivity contribution < 1.29 is 19.3 Å². The predicted octanol–water partition coefficient (Wildman–Crippen LogP) is 4.01. The molecule has 0 radical (unpaired) electrons. The van der Waals surface area contributed by atoms with Gasteiger partial charge in [-0.1, -0.05) is 12.1 Å². The molecule has 1 heterocycles. The third-order valence-electron chi connectivity index (χ3n) is 7.23. The van der Waals surface area contributed by atoms with Gasteiger partial charge in [0.1, 0.15) is 12.3 Å². The first-order chi connectivity index (χ1) is 13.7. The second kappa shape index (κ2) is 7.40. The molecular weight excluding hydrogens is 350 g/mol. The van der Waals surface area contributed by atoms with E-state index in [9.17, 15) is 4.79 Å². The molecule has 0 aliphatic heterocycles. The highest BCUT2D eigenvalue weighted by Gasteiger charge is 2.50. The molecule has 2 aromatic rings. The van der Waals surface area contributed by atoms with Crippen LogP contribution in [0.2, 0.25) is 0 Å². The molecule has 0 saturated heterocycles. The number of rotatable bonds is 6. The molecule has 4 saturated carbocycles. The van der Waals surface area contributed by atoms with Gasteiger partial charge in [0.25, 0.3) is 0 Å². The minimum Gasteiger partial charge on any atom is -0.462 e. The monoisotopic (exact) mass is 380 g/mol. The Balaban J connectivity index is 1.21. The van der Waals surface area contributed by atoms with Gasteiger partial charge in [-0.2, -0.15) is 0 Å². The van der Waals surface area contributed by atoms with E-state index in [-0.39, 0.29) is 5.97 Å². The number of hydrogen-bond acceptors (Lipinski definition) is 3. The van der Waals surface area contributed by atoms with Crippen molar-refractivity contribution in [2.45, 2.75) is 51.6 Å². The second-order valence-corrected chi connectivity index (χ2v) is 9.01. The van der Waals surface area contributed by atoms with Gasteiger partial charge in [0, 0.05) is 17.4 Å². The van der Waals surface area contributed by atoms with Gasteiger partial charge in [-0.3, -0.25) is 0 Å². The van der Waals surface area contributed by atoms with Crippen LogP contribution < -0.4 is 5.32 Å². The van der Waals surface area contributed by atoms with Crippen molar-refractivity contribution in [3.05, 3.63) is 47.7 Å². The zero-order valence-corrected chi connectivity index (χ0v) is 16.6. The maximum absolute atomic E-state index is 11.8. The van der Waals surface area contributed by atoms with Gasteiger partial charge < -0.3 is 14.5 Å². The van der Waals surface area contributed by atoms with E-state index >= 15 is 0 Å². The van der Waals surface area contributed by atoms with Crippen LogP contribution in [0.5, 0.6) is 0 Å². The van der Waals surface area contributed by atoms with Crippen molar-refractivity contribution in [2.24, 2.45) is 23.7 Å². The van der Waals surface area contributed by atoms with Crippen LogP contribution in [0.1, 0.15) is 55.1 Å². The molecule has 148 valence electrons. The van der Waals surface area contributed by atoms with Crippen LogP contribution >= 0.6 is 0 Å². The molecular formula is C24H30NO3+. The Hall–Kier alpha value is -2.07. The van der Waals surface area contributed by atoms with Crippen LogP contribution in [0.3, 0.4) is 0 Å². The molecule has 2 N–H and O–H groups in total. The highest BCUT2D eigenvalue weighted by atomic mass is 16.5. The standard InChI is InChI=1S/C24H29NO3/c1-2-27-24(26)18-5-3-17(4-6-18)22-8-7-21(28-22)14-25-23-19-10-15-9-16(12-19)13-20(23)11-15/h3-8,15-16,19-20,23,25H,2,9-14H2,1H3/p+1. The molecule has 0 atom stereocenters. The Morgan fingerprint density at radius 1 is 1.00 bits per heavy atom. The summed E-state index contributed by atoms with van der Waals surface area (Å²) in [4.78, 5) is 11.8. The van der Waals surface area contributed by atoms with Gasteiger partial charge >= 0.3 is 5.97 Å². The lowest BCUT2D eigenvalue weighted by atomic mass is 9.54. The molecule has 0 amide bonds. The minimum atomic E-state index is -0.278. The fraction of sp³-hybridized carbons (Fsp3) is 0.542. The number of carbonyl (C=O) groups excluding carboxylic acids is 1. The highest BCUT2D eigenvalue weighted by molar-refractivity contribution is 5.89. The van der Waals surface area contributed by atoms with Crippen LogP contribution in [0.4, 0.5) is 0 Å². The predicted molar refractivity (Wildman–Crippen MR) is 107 cm³/mol. The number of hydrogen-bond donors (Lipinski definition) is 1. The first kappa shape index (κ1) is 18.0. The van der Waals surface area contributed by atoms with Crippen LogP contribution in [-0.4, -0.2) is 18.6 Å². The maximum atomic E-state index is 11.8. The van der Waals surface area contributed by atoms with Crippen molar-refractivity contribution in [2.75, 3.05) is 6.61 Å². The van der Waals surface area contributed by atoms with Gasteiger partial charge in [-0.15, -0.1) is 0 Å². The number of nitrogens with two attached hydrogens (primary N) is 1. The number of benzene rings is 1. The lowest BCUT2D eigenvalue weighted by Crippen LogP contribution is -2.93. The number of ether oxygens (including phenoxy) is 1. The summed E-state index contributed by atoms with van der Waals surface area (Å²) in [5.41, 5.74) is 1.57. The summed E-state index contributed by atoms with van der Waals surface area (Å²) < 4.78 is 11.2. The normalized spacial score (nSPS) is 30.5. The van der Waals surface area contributed by atoms with Crippen molar-refractivity contribution in [1.82, 2.24) is 0 Å². The van der Waals surface area contributed by atoms with Gasteiger partial charge in [-0.05, 0) is 75.1 Å². The first-order valence-corrected chi connectivity index (χ1v) is 10.9. The summed E-state index contributed by atoms with van der Waals surface area (Å²) in [5, 5.41) is 2.56. The summed E-state index contributed by atoms with van der Waals surface area (Å²) in [6, 6.07) is 12.4. The molecule has 28 heavy (non-hydrogen) atoms. The zero-order valence-electron chi connectivity index (χ0n) is 16.6. The van der Waals surface area contributed by atoms with E-state index in [0.29, 0.717) is 12.2 Å². The number of esters is 1. The molecule has 1 aromatic carbocycles. The van der Waals surface area contributed by atoms with Gasteiger partial charge in [0.05, 0.1) is 18.2 Å². The van der Waals surface area contributed by atoms with Gasteiger partial charge in [0.2, 0.25) is 0 Å². The smallest absolute Gasteiger partial charge is 0.338 e. The van der Waals surface area contributed by atoms with E-state index in [2.05, 4.69) is 11.4 Å². The number of furan rings is 1. The molecule has 4 aliphatic rings. The lowest BCUT2D eigenvalue weighted by molar-refractivity contribution is -0.724. The molecule has 1 aromatic heterocycles. The van der Waals surface area contributed by atoms with Crippen LogP contribution in [0, 0.1) is 23.7 Å². The van der Waals surface area contributed by atoms with E-state index in [1.54, 1.807) is 12.1 Å². The average molecular weight is 381 g/mol. The third-order valence-corrected chi connectivity index (χ3v) is 7.23. The molecule has 4 heteroatoms. The number of quaternary nitrogens is 1. The van der Waals surface area contributed by atoms with Crippen molar-refractivity contribution in [3.8, 4) is 11.3 Å².